The highest BCUT2D eigenvalue weighted by molar-refractivity contribution is 6.36. The minimum Gasteiger partial charge on any atom is -0.336 e. The highest BCUT2D eigenvalue weighted by Gasteiger charge is 2.28. The summed E-state index contributed by atoms with van der Waals surface area (Å²) >= 11 is 12.0. The molecule has 1 saturated heterocycles. The standard InChI is InChI=1S/C20H21Cl2N3O2/c1-14(19(26)23-16-5-3-2-4-6-16)24-9-11-25(12-10-24)20(27)17-8-7-15(21)13-18(17)22/h2-8,13-14H,9-12H2,1H3,(H,23,26). The maximum absolute atomic E-state index is 12.7. The molecule has 0 radical (unpaired) electrons. The lowest BCUT2D eigenvalue weighted by molar-refractivity contribution is -0.121. The zero-order chi connectivity index (χ0) is 19.4. The first-order valence-electron chi connectivity index (χ1n) is 8.80. The Labute approximate surface area is 168 Å². The molecule has 0 aromatic heterocycles. The summed E-state index contributed by atoms with van der Waals surface area (Å²) in [5.74, 6) is -0.167. The number of hydrogen-bond donors (Lipinski definition) is 1. The van der Waals surface area contributed by atoms with Crippen LogP contribution in [0.3, 0.4) is 0 Å². The van der Waals surface area contributed by atoms with Crippen molar-refractivity contribution in [1.29, 1.82) is 0 Å². The van der Waals surface area contributed by atoms with E-state index in [-0.39, 0.29) is 17.9 Å². The maximum Gasteiger partial charge on any atom is 0.255 e. The van der Waals surface area contributed by atoms with E-state index >= 15 is 0 Å². The number of carbonyl (C=O) groups is 2. The Hall–Kier alpha value is -2.08. The van der Waals surface area contributed by atoms with Crippen molar-refractivity contribution >= 4 is 40.7 Å². The van der Waals surface area contributed by atoms with Crippen LogP contribution in [-0.2, 0) is 4.79 Å². The van der Waals surface area contributed by atoms with Crippen LogP contribution in [-0.4, -0.2) is 53.8 Å². The molecule has 2 aromatic rings. The molecular formula is C20H21Cl2N3O2. The molecule has 1 fully saturated rings. The number of nitrogens with zero attached hydrogens (tertiary/aromatic N) is 2. The van der Waals surface area contributed by atoms with Gasteiger partial charge in [0.1, 0.15) is 0 Å². The summed E-state index contributed by atoms with van der Waals surface area (Å²) < 4.78 is 0. The largest absolute Gasteiger partial charge is 0.336 e. The van der Waals surface area contributed by atoms with Gasteiger partial charge in [-0.3, -0.25) is 14.5 Å². The van der Waals surface area contributed by atoms with E-state index in [0.29, 0.717) is 41.8 Å². The molecule has 0 aliphatic carbocycles. The van der Waals surface area contributed by atoms with Gasteiger partial charge in [-0.05, 0) is 37.3 Å². The van der Waals surface area contributed by atoms with Gasteiger partial charge in [0.05, 0.1) is 16.6 Å². The number of para-hydroxylation sites is 1. The molecule has 0 saturated carbocycles. The lowest BCUT2D eigenvalue weighted by atomic mass is 10.1. The van der Waals surface area contributed by atoms with E-state index in [1.165, 1.54) is 0 Å². The topological polar surface area (TPSA) is 52.7 Å². The quantitative estimate of drug-likeness (QED) is 0.841. The fourth-order valence-electron chi connectivity index (χ4n) is 3.08. The predicted molar refractivity (Wildman–Crippen MR) is 108 cm³/mol. The number of amides is 2. The zero-order valence-corrected chi connectivity index (χ0v) is 16.5. The first kappa shape index (κ1) is 19.7. The van der Waals surface area contributed by atoms with Crippen molar-refractivity contribution < 1.29 is 9.59 Å². The van der Waals surface area contributed by atoms with Crippen molar-refractivity contribution in [3.8, 4) is 0 Å². The molecule has 142 valence electrons. The average Bonchev–Trinajstić information content (AvgIpc) is 2.68. The summed E-state index contributed by atoms with van der Waals surface area (Å²) in [6, 6.07) is 14.0. The second kappa shape index (κ2) is 8.74. The lowest BCUT2D eigenvalue weighted by Gasteiger charge is -2.37. The highest BCUT2D eigenvalue weighted by Crippen LogP contribution is 2.23. The molecular weight excluding hydrogens is 385 g/mol. The van der Waals surface area contributed by atoms with Crippen molar-refractivity contribution in [3.63, 3.8) is 0 Å². The fraction of sp³-hybridized carbons (Fsp3) is 0.300. The molecule has 3 rings (SSSR count). The Morgan fingerprint density at radius 3 is 2.30 bits per heavy atom. The molecule has 1 aliphatic heterocycles. The number of carbonyl (C=O) groups excluding carboxylic acids is 2. The van der Waals surface area contributed by atoms with E-state index in [2.05, 4.69) is 10.2 Å². The van der Waals surface area contributed by atoms with Crippen LogP contribution in [0.25, 0.3) is 0 Å². The minimum atomic E-state index is -0.276. The molecule has 7 heteroatoms. The third kappa shape index (κ3) is 4.80. The molecule has 5 nitrogen and oxygen atoms in total. The third-order valence-electron chi connectivity index (χ3n) is 4.73. The van der Waals surface area contributed by atoms with E-state index < -0.39 is 0 Å². The molecule has 1 aliphatic rings. The SMILES string of the molecule is CC(C(=O)Nc1ccccc1)N1CCN(C(=O)c2ccc(Cl)cc2Cl)CC1. The normalized spacial score (nSPS) is 16.0. The van der Waals surface area contributed by atoms with Gasteiger partial charge >= 0.3 is 0 Å². The number of anilines is 1. The highest BCUT2D eigenvalue weighted by atomic mass is 35.5. The molecule has 2 amide bonds. The van der Waals surface area contributed by atoms with Gasteiger partial charge in [0.25, 0.3) is 5.91 Å². The molecule has 0 bridgehead atoms. The summed E-state index contributed by atoms with van der Waals surface area (Å²) in [7, 11) is 0. The third-order valence-corrected chi connectivity index (χ3v) is 5.28. The Morgan fingerprint density at radius 2 is 1.67 bits per heavy atom. The van der Waals surface area contributed by atoms with Gasteiger partial charge in [0, 0.05) is 36.9 Å². The van der Waals surface area contributed by atoms with Crippen LogP contribution in [0.1, 0.15) is 17.3 Å². The molecule has 27 heavy (non-hydrogen) atoms. The Morgan fingerprint density at radius 1 is 1.00 bits per heavy atom. The Bertz CT molecular complexity index is 821. The van der Waals surface area contributed by atoms with Crippen molar-refractivity contribution in [1.82, 2.24) is 9.80 Å². The molecule has 0 spiro atoms. The minimum absolute atomic E-state index is 0.0540. The van der Waals surface area contributed by atoms with Crippen LogP contribution < -0.4 is 5.32 Å². The van der Waals surface area contributed by atoms with Crippen LogP contribution in [0.4, 0.5) is 5.69 Å². The van der Waals surface area contributed by atoms with E-state index in [1.807, 2.05) is 37.3 Å². The van der Waals surface area contributed by atoms with E-state index in [4.69, 9.17) is 23.2 Å². The molecule has 1 heterocycles. The maximum atomic E-state index is 12.7. The number of hydrogen-bond acceptors (Lipinski definition) is 3. The first-order valence-corrected chi connectivity index (χ1v) is 9.55. The smallest absolute Gasteiger partial charge is 0.255 e. The van der Waals surface area contributed by atoms with Crippen molar-refractivity contribution in [2.24, 2.45) is 0 Å². The van der Waals surface area contributed by atoms with Crippen LogP contribution >= 0.6 is 23.2 Å². The second-order valence-electron chi connectivity index (χ2n) is 6.48. The van der Waals surface area contributed by atoms with Gasteiger partial charge in [-0.25, -0.2) is 0 Å². The lowest BCUT2D eigenvalue weighted by Crippen LogP contribution is -2.54. The zero-order valence-electron chi connectivity index (χ0n) is 15.0. The second-order valence-corrected chi connectivity index (χ2v) is 7.33. The van der Waals surface area contributed by atoms with Gasteiger partial charge in [0.2, 0.25) is 5.91 Å². The van der Waals surface area contributed by atoms with Crippen molar-refractivity contribution in [2.75, 3.05) is 31.5 Å². The summed E-state index contributed by atoms with van der Waals surface area (Å²) in [5, 5.41) is 3.77. The number of piperazine rings is 1. The van der Waals surface area contributed by atoms with Crippen LogP contribution in [0.5, 0.6) is 0 Å². The van der Waals surface area contributed by atoms with Crippen LogP contribution in [0.2, 0.25) is 10.0 Å². The van der Waals surface area contributed by atoms with Gasteiger partial charge in [-0.2, -0.15) is 0 Å². The number of rotatable bonds is 4. The molecule has 2 aromatic carbocycles. The Kier molecular flexibility index (Phi) is 6.37. The van der Waals surface area contributed by atoms with Gasteiger partial charge < -0.3 is 10.2 Å². The summed E-state index contributed by atoms with van der Waals surface area (Å²) in [5.41, 5.74) is 1.23. The average molecular weight is 406 g/mol. The first-order chi connectivity index (χ1) is 13.0. The van der Waals surface area contributed by atoms with Gasteiger partial charge in [-0.1, -0.05) is 41.4 Å². The number of nitrogens with one attached hydrogen (secondary N) is 1. The number of halogens is 2. The Balaban J connectivity index is 1.56. The van der Waals surface area contributed by atoms with E-state index in [1.54, 1.807) is 23.1 Å². The van der Waals surface area contributed by atoms with Crippen LogP contribution in [0.15, 0.2) is 48.5 Å². The molecule has 1 unspecified atom stereocenters. The summed E-state index contributed by atoms with van der Waals surface area (Å²) in [4.78, 5) is 29.0. The molecule has 1 atom stereocenters. The van der Waals surface area contributed by atoms with E-state index in [0.717, 1.165) is 5.69 Å². The number of benzene rings is 2. The van der Waals surface area contributed by atoms with Crippen LogP contribution in [0, 0.1) is 0 Å². The molecule has 1 N–H and O–H groups in total. The summed E-state index contributed by atoms with van der Waals surface area (Å²) in [6.07, 6.45) is 0. The van der Waals surface area contributed by atoms with E-state index in [9.17, 15) is 9.59 Å². The van der Waals surface area contributed by atoms with Gasteiger partial charge in [-0.15, -0.1) is 0 Å². The van der Waals surface area contributed by atoms with Gasteiger partial charge in [0.15, 0.2) is 0 Å². The fourth-order valence-corrected chi connectivity index (χ4v) is 3.57. The van der Waals surface area contributed by atoms with Crippen molar-refractivity contribution in [3.05, 3.63) is 64.1 Å². The monoisotopic (exact) mass is 405 g/mol. The summed E-state index contributed by atoms with van der Waals surface area (Å²) in [6.45, 7) is 4.22. The predicted octanol–water partition coefficient (Wildman–Crippen LogP) is 3.78. The van der Waals surface area contributed by atoms with Crippen molar-refractivity contribution in [2.45, 2.75) is 13.0 Å².